The minimum absolute atomic E-state index is 0.115. The van der Waals surface area contributed by atoms with E-state index in [1.54, 1.807) is 24.5 Å². The first-order chi connectivity index (χ1) is 10.1. The molecule has 3 nitrogen and oxygen atoms in total. The predicted molar refractivity (Wildman–Crippen MR) is 91.6 cm³/mol. The van der Waals surface area contributed by atoms with Crippen molar-refractivity contribution >= 4 is 51.1 Å². The van der Waals surface area contributed by atoms with E-state index < -0.39 is 0 Å². The number of halogens is 2. The quantitative estimate of drug-likeness (QED) is 0.639. The number of furan rings is 1. The summed E-state index contributed by atoms with van der Waals surface area (Å²) in [5.41, 5.74) is 2.44. The van der Waals surface area contributed by atoms with Crippen LogP contribution in [0.2, 0.25) is 5.02 Å². The van der Waals surface area contributed by atoms with Crippen LogP contribution in [0.15, 0.2) is 53.1 Å². The molecular weight excluding hydrogens is 401 g/mol. The fraction of sp³-hybridized carbons (Fsp3) is 0.0625. The Balaban J connectivity index is 1.73. The molecule has 0 unspecified atom stereocenters. The van der Waals surface area contributed by atoms with Crippen molar-refractivity contribution in [2.45, 2.75) is 6.54 Å². The Morgan fingerprint density at radius 3 is 2.86 bits per heavy atom. The van der Waals surface area contributed by atoms with E-state index in [9.17, 15) is 4.79 Å². The maximum atomic E-state index is 12.2. The molecule has 0 fully saturated rings. The molecule has 1 N–H and O–H groups in total. The Morgan fingerprint density at radius 1 is 1.19 bits per heavy atom. The van der Waals surface area contributed by atoms with Gasteiger partial charge in [0.2, 0.25) is 0 Å². The van der Waals surface area contributed by atoms with Gasteiger partial charge in [0.15, 0.2) is 0 Å². The standard InChI is InChI=1S/C16H11ClINO2/c17-12-3-4-13(14(18)8-12)16(20)19-9-10-1-2-11-5-6-21-15(11)7-10/h1-8H,9H2,(H,19,20). The number of hydrogen-bond donors (Lipinski definition) is 1. The van der Waals surface area contributed by atoms with Crippen LogP contribution >= 0.6 is 34.2 Å². The summed E-state index contributed by atoms with van der Waals surface area (Å²) in [5.74, 6) is -0.115. The van der Waals surface area contributed by atoms with Gasteiger partial charge in [-0.25, -0.2) is 0 Å². The van der Waals surface area contributed by atoms with Crippen LogP contribution in [0.25, 0.3) is 11.0 Å². The van der Waals surface area contributed by atoms with Crippen molar-refractivity contribution in [3.8, 4) is 0 Å². The van der Waals surface area contributed by atoms with E-state index in [0.717, 1.165) is 20.1 Å². The minimum atomic E-state index is -0.115. The zero-order valence-corrected chi connectivity index (χ0v) is 13.8. The SMILES string of the molecule is O=C(NCc1ccc2ccoc2c1)c1ccc(Cl)cc1I. The van der Waals surface area contributed by atoms with E-state index in [0.29, 0.717) is 17.1 Å². The topological polar surface area (TPSA) is 42.2 Å². The van der Waals surface area contributed by atoms with Crippen LogP contribution < -0.4 is 5.32 Å². The number of amides is 1. The molecule has 0 atom stereocenters. The monoisotopic (exact) mass is 411 g/mol. The number of rotatable bonds is 3. The van der Waals surface area contributed by atoms with Crippen LogP contribution in [0.1, 0.15) is 15.9 Å². The third kappa shape index (κ3) is 3.22. The molecule has 0 spiro atoms. The molecule has 0 saturated heterocycles. The first kappa shape index (κ1) is 14.4. The van der Waals surface area contributed by atoms with Crippen molar-refractivity contribution in [2.75, 3.05) is 0 Å². The largest absolute Gasteiger partial charge is 0.464 e. The minimum Gasteiger partial charge on any atom is -0.464 e. The zero-order valence-electron chi connectivity index (χ0n) is 10.9. The summed E-state index contributed by atoms with van der Waals surface area (Å²) in [7, 11) is 0. The lowest BCUT2D eigenvalue weighted by atomic mass is 10.1. The zero-order chi connectivity index (χ0) is 14.8. The molecule has 2 aromatic carbocycles. The van der Waals surface area contributed by atoms with Crippen molar-refractivity contribution in [1.29, 1.82) is 0 Å². The lowest BCUT2D eigenvalue weighted by Gasteiger charge is -2.07. The second kappa shape index (κ2) is 6.07. The van der Waals surface area contributed by atoms with Crippen molar-refractivity contribution in [3.63, 3.8) is 0 Å². The van der Waals surface area contributed by atoms with Gasteiger partial charge >= 0.3 is 0 Å². The maximum absolute atomic E-state index is 12.2. The Labute approximate surface area is 140 Å². The normalized spacial score (nSPS) is 10.8. The molecule has 3 aromatic rings. The van der Waals surface area contributed by atoms with Crippen LogP contribution in [0.3, 0.4) is 0 Å². The van der Waals surface area contributed by atoms with Crippen molar-refractivity contribution in [1.82, 2.24) is 5.32 Å². The highest BCUT2D eigenvalue weighted by Gasteiger charge is 2.10. The Morgan fingerprint density at radius 2 is 2.05 bits per heavy atom. The summed E-state index contributed by atoms with van der Waals surface area (Å²) in [4.78, 5) is 12.2. The highest BCUT2D eigenvalue weighted by molar-refractivity contribution is 14.1. The second-order valence-corrected chi connectivity index (χ2v) is 6.20. The van der Waals surface area contributed by atoms with Crippen molar-refractivity contribution < 1.29 is 9.21 Å². The average Bonchev–Trinajstić information content (AvgIpc) is 2.92. The summed E-state index contributed by atoms with van der Waals surface area (Å²) < 4.78 is 6.19. The summed E-state index contributed by atoms with van der Waals surface area (Å²) in [6, 6.07) is 13.0. The van der Waals surface area contributed by atoms with Gasteiger partial charge < -0.3 is 9.73 Å². The summed E-state index contributed by atoms with van der Waals surface area (Å²) in [6.45, 7) is 0.453. The Bertz CT molecular complexity index is 813. The molecule has 3 rings (SSSR count). The van der Waals surface area contributed by atoms with Gasteiger partial charge in [0.25, 0.3) is 5.91 Å². The van der Waals surface area contributed by atoms with E-state index in [-0.39, 0.29) is 5.91 Å². The molecule has 21 heavy (non-hydrogen) atoms. The highest BCUT2D eigenvalue weighted by Crippen LogP contribution is 2.19. The van der Waals surface area contributed by atoms with E-state index in [1.165, 1.54) is 0 Å². The molecule has 5 heteroatoms. The predicted octanol–water partition coefficient (Wildman–Crippen LogP) is 4.62. The number of carbonyl (C=O) groups excluding carboxylic acids is 1. The molecule has 0 bridgehead atoms. The van der Waals surface area contributed by atoms with Gasteiger partial charge in [-0.3, -0.25) is 4.79 Å². The fourth-order valence-corrected chi connectivity index (χ4v) is 3.18. The third-order valence-electron chi connectivity index (χ3n) is 3.15. The molecule has 0 aliphatic heterocycles. The molecule has 1 aromatic heterocycles. The van der Waals surface area contributed by atoms with Gasteiger partial charge in [0.1, 0.15) is 5.58 Å². The Kier molecular flexibility index (Phi) is 4.17. The van der Waals surface area contributed by atoms with Crippen LogP contribution in [0.4, 0.5) is 0 Å². The molecule has 1 heterocycles. The third-order valence-corrected chi connectivity index (χ3v) is 4.28. The van der Waals surface area contributed by atoms with E-state index >= 15 is 0 Å². The van der Waals surface area contributed by atoms with Gasteiger partial charge in [0, 0.05) is 20.5 Å². The van der Waals surface area contributed by atoms with Gasteiger partial charge in [-0.15, -0.1) is 0 Å². The maximum Gasteiger partial charge on any atom is 0.252 e. The first-order valence-electron chi connectivity index (χ1n) is 6.33. The van der Waals surface area contributed by atoms with Crippen LogP contribution in [0, 0.1) is 3.57 Å². The molecule has 0 aliphatic rings. The van der Waals surface area contributed by atoms with Gasteiger partial charge in [0.05, 0.1) is 11.8 Å². The lowest BCUT2D eigenvalue weighted by molar-refractivity contribution is 0.0950. The summed E-state index contributed by atoms with van der Waals surface area (Å²) in [6.07, 6.45) is 1.66. The van der Waals surface area contributed by atoms with E-state index in [1.807, 2.05) is 24.3 Å². The van der Waals surface area contributed by atoms with Gasteiger partial charge in [-0.05, 0) is 58.5 Å². The van der Waals surface area contributed by atoms with Gasteiger partial charge in [-0.2, -0.15) is 0 Å². The molecule has 1 amide bonds. The van der Waals surface area contributed by atoms with Gasteiger partial charge in [-0.1, -0.05) is 23.7 Å². The number of hydrogen-bond acceptors (Lipinski definition) is 2. The smallest absolute Gasteiger partial charge is 0.252 e. The first-order valence-corrected chi connectivity index (χ1v) is 7.78. The molecular formula is C16H11ClINO2. The van der Waals surface area contributed by atoms with Crippen molar-refractivity contribution in [2.24, 2.45) is 0 Å². The fourth-order valence-electron chi connectivity index (χ4n) is 2.06. The van der Waals surface area contributed by atoms with Crippen molar-refractivity contribution in [3.05, 3.63) is 68.4 Å². The van der Waals surface area contributed by atoms with Crippen LogP contribution in [-0.4, -0.2) is 5.91 Å². The number of benzene rings is 2. The highest BCUT2D eigenvalue weighted by atomic mass is 127. The summed E-state index contributed by atoms with van der Waals surface area (Å²) in [5, 5.41) is 4.58. The van der Waals surface area contributed by atoms with Crippen LogP contribution in [0.5, 0.6) is 0 Å². The van der Waals surface area contributed by atoms with E-state index in [2.05, 4.69) is 27.9 Å². The number of nitrogens with one attached hydrogen (secondary N) is 1. The number of fused-ring (bicyclic) bond motifs is 1. The Hall–Kier alpha value is -1.53. The summed E-state index contributed by atoms with van der Waals surface area (Å²) >= 11 is 8.00. The average molecular weight is 412 g/mol. The number of carbonyl (C=O) groups is 1. The van der Waals surface area contributed by atoms with E-state index in [4.69, 9.17) is 16.0 Å². The molecule has 106 valence electrons. The molecule has 0 saturated carbocycles. The second-order valence-electron chi connectivity index (χ2n) is 4.60. The molecule has 0 radical (unpaired) electrons. The molecule has 0 aliphatic carbocycles. The lowest BCUT2D eigenvalue weighted by Crippen LogP contribution is -2.23. The van der Waals surface area contributed by atoms with Crippen LogP contribution in [-0.2, 0) is 6.54 Å².